The molecule has 116 valence electrons. The minimum absolute atomic E-state index is 0.0258. The lowest BCUT2D eigenvalue weighted by atomic mass is 10.3. The second-order valence-corrected chi connectivity index (χ2v) is 6.44. The summed E-state index contributed by atoms with van der Waals surface area (Å²) in [6, 6.07) is 7.01. The molecule has 0 saturated carbocycles. The fourth-order valence-corrected chi connectivity index (χ4v) is 2.54. The van der Waals surface area contributed by atoms with Crippen LogP contribution in [0.2, 0.25) is 0 Å². The zero-order valence-electron chi connectivity index (χ0n) is 12.7. The van der Waals surface area contributed by atoms with Gasteiger partial charge in [-0.1, -0.05) is 23.9 Å². The van der Waals surface area contributed by atoms with Gasteiger partial charge in [-0.3, -0.25) is 15.1 Å². The number of rotatable bonds is 4. The van der Waals surface area contributed by atoms with Crippen LogP contribution in [0.1, 0.15) is 20.8 Å². The fraction of sp³-hybridized carbons (Fsp3) is 0.333. The van der Waals surface area contributed by atoms with E-state index in [1.807, 2.05) is 38.1 Å². The van der Waals surface area contributed by atoms with Gasteiger partial charge in [0.2, 0.25) is 5.91 Å². The molecule has 2 N–H and O–H groups in total. The third kappa shape index (κ3) is 4.42. The van der Waals surface area contributed by atoms with Gasteiger partial charge in [0.25, 0.3) is 0 Å². The number of nitrogens with zero attached hydrogens (tertiary/aromatic N) is 2. The van der Waals surface area contributed by atoms with E-state index in [1.165, 1.54) is 11.8 Å². The third-order valence-electron chi connectivity index (χ3n) is 2.75. The van der Waals surface area contributed by atoms with Crippen molar-refractivity contribution >= 4 is 34.7 Å². The fourth-order valence-electron chi connectivity index (χ4n) is 1.74. The highest BCUT2D eigenvalue weighted by molar-refractivity contribution is 8.00. The van der Waals surface area contributed by atoms with Crippen LogP contribution in [-0.2, 0) is 4.79 Å². The molecule has 0 saturated heterocycles. The number of benzene rings is 1. The molecule has 0 spiro atoms. The summed E-state index contributed by atoms with van der Waals surface area (Å²) >= 11 is 1.26. The van der Waals surface area contributed by atoms with E-state index in [-0.39, 0.29) is 11.9 Å². The summed E-state index contributed by atoms with van der Waals surface area (Å²) < 4.78 is 0. The van der Waals surface area contributed by atoms with Gasteiger partial charge in [-0.25, -0.2) is 9.78 Å². The molecule has 2 rings (SSSR count). The molecule has 0 unspecified atom stereocenters. The van der Waals surface area contributed by atoms with Gasteiger partial charge in [0.05, 0.1) is 22.5 Å². The standard InChI is InChI=1S/C15H18N4O2S/c1-9(2)17-15(21)19-14(20)10(3)22-13-8-16-11-6-4-5-7-12(11)18-13/h4-10H,1-3H3,(H2,17,19,20,21)/t10-/m0/s1. The van der Waals surface area contributed by atoms with Crippen molar-refractivity contribution in [3.05, 3.63) is 30.5 Å². The van der Waals surface area contributed by atoms with E-state index in [2.05, 4.69) is 20.6 Å². The lowest BCUT2D eigenvalue weighted by molar-refractivity contribution is -0.119. The quantitative estimate of drug-likeness (QED) is 0.845. The Kier molecular flexibility index (Phi) is 5.32. The topological polar surface area (TPSA) is 84.0 Å². The Morgan fingerprint density at radius 2 is 1.82 bits per heavy atom. The van der Waals surface area contributed by atoms with E-state index in [0.717, 1.165) is 11.0 Å². The molecule has 0 fully saturated rings. The van der Waals surface area contributed by atoms with Crippen LogP contribution in [0.3, 0.4) is 0 Å². The monoisotopic (exact) mass is 318 g/mol. The molecular weight excluding hydrogens is 300 g/mol. The minimum atomic E-state index is -0.489. The smallest absolute Gasteiger partial charge is 0.321 e. The normalized spacial score (nSPS) is 12.2. The highest BCUT2D eigenvalue weighted by Crippen LogP contribution is 2.22. The molecule has 0 radical (unpaired) electrons. The lowest BCUT2D eigenvalue weighted by Gasteiger charge is -2.13. The van der Waals surface area contributed by atoms with Crippen LogP contribution in [0.5, 0.6) is 0 Å². The second kappa shape index (κ2) is 7.22. The van der Waals surface area contributed by atoms with E-state index in [4.69, 9.17) is 0 Å². The molecule has 1 aromatic heterocycles. The Balaban J connectivity index is 1.99. The minimum Gasteiger partial charge on any atom is -0.336 e. The SMILES string of the molecule is CC(C)NC(=O)NC(=O)[C@H](C)Sc1cnc2ccccc2n1. The molecule has 1 heterocycles. The van der Waals surface area contributed by atoms with Crippen LogP contribution in [-0.4, -0.2) is 33.2 Å². The highest BCUT2D eigenvalue weighted by Gasteiger charge is 2.18. The number of hydrogen-bond acceptors (Lipinski definition) is 5. The van der Waals surface area contributed by atoms with Crippen molar-refractivity contribution in [2.24, 2.45) is 0 Å². The summed E-state index contributed by atoms with van der Waals surface area (Å²) in [5, 5.41) is 5.11. The van der Waals surface area contributed by atoms with Crippen LogP contribution in [0.4, 0.5) is 4.79 Å². The first-order valence-corrected chi connectivity index (χ1v) is 7.83. The van der Waals surface area contributed by atoms with Gasteiger partial charge < -0.3 is 5.32 Å². The first-order valence-electron chi connectivity index (χ1n) is 6.95. The number of nitrogens with one attached hydrogen (secondary N) is 2. The predicted octanol–water partition coefficient (Wildman–Crippen LogP) is 2.34. The van der Waals surface area contributed by atoms with Crippen molar-refractivity contribution in [3.63, 3.8) is 0 Å². The Morgan fingerprint density at radius 3 is 2.50 bits per heavy atom. The zero-order valence-corrected chi connectivity index (χ0v) is 13.5. The van der Waals surface area contributed by atoms with Gasteiger partial charge >= 0.3 is 6.03 Å². The van der Waals surface area contributed by atoms with Crippen molar-refractivity contribution < 1.29 is 9.59 Å². The summed E-state index contributed by atoms with van der Waals surface area (Å²) in [4.78, 5) is 32.2. The molecule has 2 aromatic rings. The molecule has 0 aliphatic rings. The van der Waals surface area contributed by atoms with Crippen molar-refractivity contribution in [1.82, 2.24) is 20.6 Å². The molecule has 1 aromatic carbocycles. The average molecular weight is 318 g/mol. The second-order valence-electron chi connectivity index (χ2n) is 5.07. The Bertz CT molecular complexity index is 690. The lowest BCUT2D eigenvalue weighted by Crippen LogP contribution is -2.45. The molecular formula is C15H18N4O2S. The number of aromatic nitrogens is 2. The van der Waals surface area contributed by atoms with E-state index in [9.17, 15) is 9.59 Å². The summed E-state index contributed by atoms with van der Waals surface area (Å²) in [5.41, 5.74) is 1.58. The highest BCUT2D eigenvalue weighted by atomic mass is 32.2. The van der Waals surface area contributed by atoms with Gasteiger partial charge in [-0.2, -0.15) is 0 Å². The Hall–Kier alpha value is -2.15. The van der Waals surface area contributed by atoms with Gasteiger partial charge in [0, 0.05) is 6.04 Å². The van der Waals surface area contributed by atoms with Gasteiger partial charge in [-0.05, 0) is 32.9 Å². The number of para-hydroxylation sites is 2. The number of urea groups is 1. The predicted molar refractivity (Wildman–Crippen MR) is 86.7 cm³/mol. The van der Waals surface area contributed by atoms with Crippen LogP contribution < -0.4 is 10.6 Å². The van der Waals surface area contributed by atoms with E-state index >= 15 is 0 Å². The molecule has 0 aliphatic heterocycles. The molecule has 7 heteroatoms. The molecule has 0 bridgehead atoms. The number of fused-ring (bicyclic) bond motifs is 1. The van der Waals surface area contributed by atoms with Crippen molar-refractivity contribution in [2.75, 3.05) is 0 Å². The van der Waals surface area contributed by atoms with Gasteiger partial charge in [0.15, 0.2) is 0 Å². The van der Waals surface area contributed by atoms with Crippen LogP contribution in [0.25, 0.3) is 11.0 Å². The van der Waals surface area contributed by atoms with E-state index in [1.54, 1.807) is 13.1 Å². The number of carbonyl (C=O) groups excluding carboxylic acids is 2. The van der Waals surface area contributed by atoms with Crippen molar-refractivity contribution in [2.45, 2.75) is 37.1 Å². The van der Waals surface area contributed by atoms with Gasteiger partial charge in [-0.15, -0.1) is 0 Å². The number of amides is 3. The summed E-state index contributed by atoms with van der Waals surface area (Å²) in [7, 11) is 0. The average Bonchev–Trinajstić information content (AvgIpc) is 2.46. The first-order chi connectivity index (χ1) is 10.5. The Morgan fingerprint density at radius 1 is 1.14 bits per heavy atom. The molecule has 0 aliphatic carbocycles. The van der Waals surface area contributed by atoms with Crippen LogP contribution >= 0.6 is 11.8 Å². The number of imide groups is 1. The van der Waals surface area contributed by atoms with Crippen LogP contribution in [0.15, 0.2) is 35.5 Å². The summed E-state index contributed by atoms with van der Waals surface area (Å²) in [5.74, 6) is -0.363. The van der Waals surface area contributed by atoms with E-state index in [0.29, 0.717) is 5.03 Å². The molecule has 22 heavy (non-hydrogen) atoms. The molecule has 3 amide bonds. The maximum atomic E-state index is 12.0. The van der Waals surface area contributed by atoms with Crippen molar-refractivity contribution in [3.8, 4) is 0 Å². The number of thioether (sulfide) groups is 1. The molecule has 1 atom stereocenters. The number of hydrogen-bond donors (Lipinski definition) is 2. The summed E-state index contributed by atoms with van der Waals surface area (Å²) in [6.45, 7) is 5.37. The first kappa shape index (κ1) is 16.2. The molecule has 6 nitrogen and oxygen atoms in total. The third-order valence-corrected chi connectivity index (χ3v) is 3.76. The number of carbonyl (C=O) groups is 2. The van der Waals surface area contributed by atoms with Crippen LogP contribution in [0, 0.1) is 0 Å². The maximum Gasteiger partial charge on any atom is 0.321 e. The van der Waals surface area contributed by atoms with Gasteiger partial charge in [0.1, 0.15) is 5.03 Å². The van der Waals surface area contributed by atoms with E-state index < -0.39 is 11.3 Å². The summed E-state index contributed by atoms with van der Waals surface area (Å²) in [6.07, 6.45) is 1.63. The zero-order chi connectivity index (χ0) is 16.1. The maximum absolute atomic E-state index is 12.0. The largest absolute Gasteiger partial charge is 0.336 e. The Labute approximate surface area is 133 Å². The van der Waals surface area contributed by atoms with Crippen molar-refractivity contribution in [1.29, 1.82) is 0 Å².